The van der Waals surface area contributed by atoms with Crippen molar-refractivity contribution in [3.05, 3.63) is 23.5 Å². The normalized spacial score (nSPS) is 14.6. The number of anilines is 2. The highest BCUT2D eigenvalue weighted by Gasteiger charge is 2.19. The monoisotopic (exact) mass is 470 g/mol. The first-order chi connectivity index (χ1) is 16.5. The average molecular weight is 471 g/mol. The van der Waals surface area contributed by atoms with Crippen LogP contribution in [-0.4, -0.2) is 72.4 Å². The molecule has 8 heteroatoms. The molecule has 2 N–H and O–H groups in total. The van der Waals surface area contributed by atoms with Gasteiger partial charge < -0.3 is 20.1 Å². The van der Waals surface area contributed by atoms with E-state index in [0.29, 0.717) is 23.7 Å². The van der Waals surface area contributed by atoms with E-state index < -0.39 is 0 Å². The molecular weight excluding hydrogens is 428 g/mol. The molecular formula is C26H42N6O2. The maximum Gasteiger partial charge on any atom is 0.257 e. The van der Waals surface area contributed by atoms with Crippen molar-refractivity contribution in [3.63, 3.8) is 0 Å². The Balaban J connectivity index is 1.84. The van der Waals surface area contributed by atoms with E-state index in [-0.39, 0.29) is 0 Å². The molecule has 3 rings (SSSR count). The number of morpholine rings is 1. The molecule has 0 radical (unpaired) electrons. The van der Waals surface area contributed by atoms with Gasteiger partial charge >= 0.3 is 0 Å². The largest absolute Gasteiger partial charge is 0.478 e. The molecule has 0 saturated carbocycles. The minimum atomic E-state index is 0.337. The Morgan fingerprint density at radius 2 is 1.79 bits per heavy atom. The van der Waals surface area contributed by atoms with Crippen molar-refractivity contribution in [2.75, 3.05) is 57.1 Å². The van der Waals surface area contributed by atoms with Gasteiger partial charge in [0.25, 0.3) is 5.88 Å². The van der Waals surface area contributed by atoms with Gasteiger partial charge in [0, 0.05) is 36.9 Å². The zero-order chi connectivity index (χ0) is 24.5. The van der Waals surface area contributed by atoms with Crippen molar-refractivity contribution in [1.82, 2.24) is 19.9 Å². The van der Waals surface area contributed by atoms with Gasteiger partial charge in [-0.15, -0.1) is 0 Å². The van der Waals surface area contributed by atoms with Crippen LogP contribution in [0.15, 0.2) is 12.1 Å². The van der Waals surface area contributed by atoms with Crippen LogP contribution >= 0.6 is 0 Å². The lowest BCUT2D eigenvalue weighted by atomic mass is 10.1. The predicted molar refractivity (Wildman–Crippen MR) is 139 cm³/mol. The summed E-state index contributed by atoms with van der Waals surface area (Å²) in [6.07, 6.45) is 3.07. The first kappa shape index (κ1) is 26.2. The minimum absolute atomic E-state index is 0.337. The maximum atomic E-state index is 5.63. The number of nitrogens with zero attached hydrogens (tertiary/aromatic N) is 4. The fourth-order valence-electron chi connectivity index (χ4n) is 4.14. The lowest BCUT2D eigenvalue weighted by molar-refractivity contribution is 0.0378. The fraction of sp³-hybridized carbons (Fsp3) is 0.654. The van der Waals surface area contributed by atoms with Crippen molar-refractivity contribution < 1.29 is 9.47 Å². The molecule has 0 spiro atoms. The number of hydrogen-bond acceptors (Lipinski definition) is 8. The average Bonchev–Trinajstić information content (AvgIpc) is 2.86. The standard InChI is InChI=1S/C26H42N6O2/c1-7-20(8-2)29-25-26(33-6)31-23(19(5)28-25)21-10-11-22(18(3)4)30-24(21)27-12-9-13-32-14-16-34-17-15-32/h10-11,18,20H,7-9,12-17H2,1-6H3,(H,27,30)(H,28,29). The van der Waals surface area contributed by atoms with Gasteiger partial charge in [-0.1, -0.05) is 27.7 Å². The van der Waals surface area contributed by atoms with Crippen LogP contribution in [0.4, 0.5) is 11.6 Å². The summed E-state index contributed by atoms with van der Waals surface area (Å²) in [5, 5.41) is 7.07. The van der Waals surface area contributed by atoms with Crippen molar-refractivity contribution in [2.24, 2.45) is 0 Å². The lowest BCUT2D eigenvalue weighted by Gasteiger charge is -2.26. The van der Waals surface area contributed by atoms with Crippen LogP contribution in [0.25, 0.3) is 11.3 Å². The molecule has 8 nitrogen and oxygen atoms in total. The second-order valence-corrected chi connectivity index (χ2v) is 9.19. The van der Waals surface area contributed by atoms with Gasteiger partial charge in [0.1, 0.15) is 5.82 Å². The predicted octanol–water partition coefficient (Wildman–Crippen LogP) is 4.71. The lowest BCUT2D eigenvalue weighted by Crippen LogP contribution is -2.37. The Kier molecular flexibility index (Phi) is 9.89. The van der Waals surface area contributed by atoms with Crippen LogP contribution in [0.2, 0.25) is 0 Å². The van der Waals surface area contributed by atoms with Crippen LogP contribution in [0.5, 0.6) is 5.88 Å². The molecule has 0 aliphatic carbocycles. The van der Waals surface area contributed by atoms with Crippen molar-refractivity contribution in [2.45, 2.75) is 65.8 Å². The number of methoxy groups -OCH3 is 1. The molecule has 0 amide bonds. The van der Waals surface area contributed by atoms with E-state index in [1.54, 1.807) is 7.11 Å². The van der Waals surface area contributed by atoms with Gasteiger partial charge in [-0.2, -0.15) is 0 Å². The summed E-state index contributed by atoms with van der Waals surface area (Å²) < 4.78 is 11.1. The summed E-state index contributed by atoms with van der Waals surface area (Å²) in [6, 6.07) is 4.53. The van der Waals surface area contributed by atoms with Gasteiger partial charge in [0.15, 0.2) is 5.82 Å². The van der Waals surface area contributed by atoms with Crippen molar-refractivity contribution in [3.8, 4) is 17.1 Å². The number of hydrogen-bond donors (Lipinski definition) is 2. The number of ether oxygens (including phenoxy) is 2. The second-order valence-electron chi connectivity index (χ2n) is 9.19. The van der Waals surface area contributed by atoms with Crippen LogP contribution in [0.1, 0.15) is 64.3 Å². The molecule has 188 valence electrons. The molecule has 1 fully saturated rings. The highest BCUT2D eigenvalue weighted by molar-refractivity contribution is 5.75. The summed E-state index contributed by atoms with van der Waals surface area (Å²) in [5.41, 5.74) is 3.66. The highest BCUT2D eigenvalue weighted by atomic mass is 16.5. The van der Waals surface area contributed by atoms with Gasteiger partial charge in [-0.25, -0.2) is 15.0 Å². The quantitative estimate of drug-likeness (QED) is 0.431. The van der Waals surface area contributed by atoms with E-state index in [9.17, 15) is 0 Å². The molecule has 0 atom stereocenters. The molecule has 34 heavy (non-hydrogen) atoms. The Labute approximate surface area is 204 Å². The molecule has 1 aliphatic rings. The Morgan fingerprint density at radius 1 is 1.06 bits per heavy atom. The molecule has 1 aliphatic heterocycles. The van der Waals surface area contributed by atoms with Crippen molar-refractivity contribution in [1.29, 1.82) is 0 Å². The van der Waals surface area contributed by atoms with Crippen LogP contribution in [0, 0.1) is 6.92 Å². The van der Waals surface area contributed by atoms with Crippen LogP contribution < -0.4 is 15.4 Å². The Bertz CT molecular complexity index is 910. The summed E-state index contributed by atoms with van der Waals surface area (Å²) in [4.78, 5) is 17.1. The third-order valence-corrected chi connectivity index (χ3v) is 6.37. The van der Waals surface area contributed by atoms with Gasteiger partial charge in [0.2, 0.25) is 0 Å². The van der Waals surface area contributed by atoms with Crippen LogP contribution in [0.3, 0.4) is 0 Å². The topological polar surface area (TPSA) is 84.4 Å². The maximum absolute atomic E-state index is 5.63. The smallest absolute Gasteiger partial charge is 0.257 e. The zero-order valence-corrected chi connectivity index (χ0v) is 21.8. The molecule has 0 aromatic carbocycles. The van der Waals surface area contributed by atoms with Gasteiger partial charge in [-0.3, -0.25) is 4.90 Å². The Morgan fingerprint density at radius 3 is 2.44 bits per heavy atom. The molecule has 0 bridgehead atoms. The van der Waals surface area contributed by atoms with Gasteiger partial charge in [0.05, 0.1) is 31.7 Å². The van der Waals surface area contributed by atoms with Crippen molar-refractivity contribution >= 4 is 11.6 Å². The number of aromatic nitrogens is 3. The summed E-state index contributed by atoms with van der Waals surface area (Å²) in [5.74, 6) is 2.41. The zero-order valence-electron chi connectivity index (χ0n) is 21.8. The third-order valence-electron chi connectivity index (χ3n) is 6.37. The van der Waals surface area contributed by atoms with E-state index in [2.05, 4.69) is 55.4 Å². The molecule has 0 unspecified atom stereocenters. The number of nitrogens with one attached hydrogen (secondary N) is 2. The van der Waals surface area contributed by atoms with E-state index >= 15 is 0 Å². The highest BCUT2D eigenvalue weighted by Crippen LogP contribution is 2.33. The minimum Gasteiger partial charge on any atom is -0.478 e. The molecule has 2 aromatic rings. The number of rotatable bonds is 12. The first-order valence-corrected chi connectivity index (χ1v) is 12.7. The fourth-order valence-corrected chi connectivity index (χ4v) is 4.14. The van der Waals surface area contributed by atoms with E-state index in [1.807, 2.05) is 6.92 Å². The molecule has 2 aromatic heterocycles. The second kappa shape index (κ2) is 12.9. The summed E-state index contributed by atoms with van der Waals surface area (Å²) in [6.45, 7) is 16.2. The Hall–Kier alpha value is -2.45. The van der Waals surface area contributed by atoms with E-state index in [0.717, 1.165) is 87.1 Å². The first-order valence-electron chi connectivity index (χ1n) is 12.7. The summed E-state index contributed by atoms with van der Waals surface area (Å²) in [7, 11) is 1.64. The SMILES string of the molecule is CCC(CC)Nc1nc(C)c(-c2ccc(C(C)C)nc2NCCCN2CCOCC2)nc1OC. The molecule has 3 heterocycles. The van der Waals surface area contributed by atoms with Crippen LogP contribution in [-0.2, 0) is 4.74 Å². The van der Waals surface area contributed by atoms with Gasteiger partial charge in [-0.05, 0) is 50.8 Å². The van der Waals surface area contributed by atoms with E-state index in [1.165, 1.54) is 0 Å². The summed E-state index contributed by atoms with van der Waals surface area (Å²) >= 11 is 0. The number of pyridine rings is 1. The molecule has 1 saturated heterocycles. The number of aryl methyl sites for hydroxylation is 1. The van der Waals surface area contributed by atoms with E-state index in [4.69, 9.17) is 24.4 Å². The third kappa shape index (κ3) is 6.79.